The lowest BCUT2D eigenvalue weighted by molar-refractivity contribution is 0.849. The lowest BCUT2D eigenvalue weighted by Gasteiger charge is -2.15. The molecule has 0 radical (unpaired) electrons. The SMILES string of the molecule is C=CN.N=C(N)C1=CCC(c2ccccc2)C=C1. The van der Waals surface area contributed by atoms with Crippen LogP contribution in [0, 0.1) is 5.41 Å². The normalized spacial score (nSPS) is 17.1. The molecule has 1 unspecified atom stereocenters. The van der Waals surface area contributed by atoms with Gasteiger partial charge in [-0.25, -0.2) is 0 Å². The maximum atomic E-state index is 7.32. The Kier molecular flexibility index (Phi) is 5.45. The van der Waals surface area contributed by atoms with Gasteiger partial charge in [-0.3, -0.25) is 5.41 Å². The molecular formula is C15H19N3. The molecule has 3 heteroatoms. The Labute approximate surface area is 108 Å². The molecule has 0 spiro atoms. The highest BCUT2D eigenvalue weighted by Crippen LogP contribution is 2.26. The van der Waals surface area contributed by atoms with Gasteiger partial charge in [0.15, 0.2) is 0 Å². The molecule has 0 heterocycles. The van der Waals surface area contributed by atoms with Gasteiger partial charge < -0.3 is 11.5 Å². The molecule has 0 aromatic heterocycles. The predicted molar refractivity (Wildman–Crippen MR) is 77.3 cm³/mol. The summed E-state index contributed by atoms with van der Waals surface area (Å²) in [6.45, 7) is 3.14. The summed E-state index contributed by atoms with van der Waals surface area (Å²) in [5.41, 5.74) is 12.2. The molecule has 0 saturated carbocycles. The molecule has 1 aliphatic carbocycles. The molecule has 2 rings (SSSR count). The summed E-state index contributed by atoms with van der Waals surface area (Å²) in [5, 5.41) is 7.32. The fraction of sp³-hybridized carbons (Fsp3) is 0.133. The minimum atomic E-state index is 0.151. The molecule has 0 bridgehead atoms. The second-order valence-electron chi connectivity index (χ2n) is 3.92. The number of amidine groups is 1. The van der Waals surface area contributed by atoms with Gasteiger partial charge in [-0.2, -0.15) is 0 Å². The average Bonchev–Trinajstić information content (AvgIpc) is 2.41. The molecule has 94 valence electrons. The van der Waals surface area contributed by atoms with Crippen LogP contribution in [-0.4, -0.2) is 5.84 Å². The van der Waals surface area contributed by atoms with E-state index in [0.29, 0.717) is 5.92 Å². The Balaban J connectivity index is 0.000000492. The number of allylic oxidation sites excluding steroid dienone is 2. The molecule has 0 aliphatic heterocycles. The zero-order valence-electron chi connectivity index (χ0n) is 10.3. The number of benzene rings is 1. The van der Waals surface area contributed by atoms with E-state index in [1.807, 2.05) is 30.4 Å². The molecule has 1 aromatic carbocycles. The zero-order chi connectivity index (χ0) is 13.4. The van der Waals surface area contributed by atoms with E-state index in [-0.39, 0.29) is 5.84 Å². The Bertz CT molecular complexity index is 458. The summed E-state index contributed by atoms with van der Waals surface area (Å²) in [6.07, 6.45) is 8.25. The fourth-order valence-corrected chi connectivity index (χ4v) is 1.77. The van der Waals surface area contributed by atoms with Crippen molar-refractivity contribution in [3.63, 3.8) is 0 Å². The van der Waals surface area contributed by atoms with Crippen LogP contribution in [0.3, 0.4) is 0 Å². The molecule has 5 N–H and O–H groups in total. The van der Waals surface area contributed by atoms with Crippen molar-refractivity contribution in [1.82, 2.24) is 0 Å². The van der Waals surface area contributed by atoms with Crippen molar-refractivity contribution >= 4 is 5.84 Å². The van der Waals surface area contributed by atoms with Gasteiger partial charge in [-0.15, -0.1) is 0 Å². The second kappa shape index (κ2) is 7.12. The molecule has 1 atom stereocenters. The number of rotatable bonds is 2. The van der Waals surface area contributed by atoms with E-state index in [4.69, 9.17) is 11.1 Å². The molecule has 3 nitrogen and oxygen atoms in total. The first-order valence-corrected chi connectivity index (χ1v) is 5.79. The first-order valence-electron chi connectivity index (χ1n) is 5.79. The van der Waals surface area contributed by atoms with Gasteiger partial charge in [0.25, 0.3) is 0 Å². The summed E-state index contributed by atoms with van der Waals surface area (Å²) >= 11 is 0. The zero-order valence-corrected chi connectivity index (χ0v) is 10.3. The van der Waals surface area contributed by atoms with Crippen LogP contribution in [0.2, 0.25) is 0 Å². The molecule has 0 fully saturated rings. The van der Waals surface area contributed by atoms with Crippen LogP contribution in [0.25, 0.3) is 0 Å². The van der Waals surface area contributed by atoms with Gasteiger partial charge in [0.2, 0.25) is 0 Å². The predicted octanol–water partition coefficient (Wildman–Crippen LogP) is 2.68. The number of nitrogens with one attached hydrogen (secondary N) is 1. The molecule has 0 amide bonds. The summed E-state index contributed by atoms with van der Waals surface area (Å²) in [7, 11) is 0. The quantitative estimate of drug-likeness (QED) is 0.550. The molecule has 18 heavy (non-hydrogen) atoms. The van der Waals surface area contributed by atoms with Gasteiger partial charge in [0, 0.05) is 11.5 Å². The van der Waals surface area contributed by atoms with Crippen LogP contribution >= 0.6 is 0 Å². The highest BCUT2D eigenvalue weighted by molar-refractivity contribution is 5.97. The van der Waals surface area contributed by atoms with Gasteiger partial charge in [0.05, 0.1) is 0 Å². The van der Waals surface area contributed by atoms with Gasteiger partial charge in [-0.05, 0) is 18.2 Å². The number of hydrogen-bond donors (Lipinski definition) is 3. The smallest absolute Gasteiger partial charge is 0.122 e. The highest BCUT2D eigenvalue weighted by Gasteiger charge is 2.11. The van der Waals surface area contributed by atoms with Crippen LogP contribution in [0.5, 0.6) is 0 Å². The van der Waals surface area contributed by atoms with Crippen LogP contribution in [0.15, 0.2) is 66.9 Å². The summed E-state index contributed by atoms with van der Waals surface area (Å²) in [6, 6.07) is 10.4. The summed E-state index contributed by atoms with van der Waals surface area (Å²) < 4.78 is 0. The lowest BCUT2D eigenvalue weighted by Crippen LogP contribution is -2.13. The van der Waals surface area contributed by atoms with Crippen LogP contribution < -0.4 is 11.5 Å². The first kappa shape index (κ1) is 13.8. The summed E-state index contributed by atoms with van der Waals surface area (Å²) in [5.74, 6) is 0.576. The number of nitrogens with two attached hydrogens (primary N) is 2. The van der Waals surface area contributed by atoms with E-state index in [9.17, 15) is 0 Å². The largest absolute Gasteiger partial charge is 0.405 e. The highest BCUT2D eigenvalue weighted by atomic mass is 14.7. The maximum Gasteiger partial charge on any atom is 0.122 e. The van der Waals surface area contributed by atoms with Crippen molar-refractivity contribution in [3.05, 3.63) is 72.5 Å². The van der Waals surface area contributed by atoms with E-state index >= 15 is 0 Å². The van der Waals surface area contributed by atoms with E-state index in [1.54, 1.807) is 0 Å². The Hall–Kier alpha value is -2.29. The topological polar surface area (TPSA) is 75.9 Å². The van der Waals surface area contributed by atoms with E-state index in [2.05, 4.69) is 30.5 Å². The monoisotopic (exact) mass is 241 g/mol. The number of hydrogen-bond acceptors (Lipinski definition) is 2. The van der Waals surface area contributed by atoms with Crippen molar-refractivity contribution in [3.8, 4) is 0 Å². The van der Waals surface area contributed by atoms with Crippen molar-refractivity contribution in [2.24, 2.45) is 11.5 Å². The van der Waals surface area contributed by atoms with Crippen molar-refractivity contribution in [2.75, 3.05) is 0 Å². The maximum absolute atomic E-state index is 7.32. The molecule has 0 saturated heterocycles. The molecular weight excluding hydrogens is 222 g/mol. The third-order valence-corrected chi connectivity index (χ3v) is 2.64. The minimum absolute atomic E-state index is 0.151. The van der Waals surface area contributed by atoms with Crippen LogP contribution in [0.1, 0.15) is 17.9 Å². The summed E-state index contributed by atoms with van der Waals surface area (Å²) in [4.78, 5) is 0. The van der Waals surface area contributed by atoms with Crippen molar-refractivity contribution in [1.29, 1.82) is 5.41 Å². The van der Waals surface area contributed by atoms with Crippen molar-refractivity contribution < 1.29 is 0 Å². The Morgan fingerprint density at radius 2 is 1.94 bits per heavy atom. The Morgan fingerprint density at radius 1 is 1.33 bits per heavy atom. The molecule has 1 aromatic rings. The molecule has 1 aliphatic rings. The van der Waals surface area contributed by atoms with Gasteiger partial charge in [-0.1, -0.05) is 55.1 Å². The van der Waals surface area contributed by atoms with E-state index in [0.717, 1.165) is 12.0 Å². The van der Waals surface area contributed by atoms with Gasteiger partial charge >= 0.3 is 0 Å². The van der Waals surface area contributed by atoms with Crippen LogP contribution in [0.4, 0.5) is 0 Å². The average molecular weight is 241 g/mol. The van der Waals surface area contributed by atoms with E-state index in [1.165, 1.54) is 11.8 Å². The first-order chi connectivity index (χ1) is 8.69. The van der Waals surface area contributed by atoms with Gasteiger partial charge in [0.1, 0.15) is 5.84 Å². The standard InChI is InChI=1S/C13H14N2.C2H5N/c14-13(15)12-8-6-11(7-9-12)10-4-2-1-3-5-10;1-2-3/h1-6,8-9,11H,7H2,(H3,14,15);2H,1,3H2. The third-order valence-electron chi connectivity index (χ3n) is 2.64. The third kappa shape index (κ3) is 3.94. The fourth-order valence-electron chi connectivity index (χ4n) is 1.77. The Morgan fingerprint density at radius 3 is 2.39 bits per heavy atom. The lowest BCUT2D eigenvalue weighted by atomic mass is 9.90. The van der Waals surface area contributed by atoms with Crippen molar-refractivity contribution in [2.45, 2.75) is 12.3 Å². The second-order valence-corrected chi connectivity index (χ2v) is 3.92. The minimum Gasteiger partial charge on any atom is -0.405 e. The van der Waals surface area contributed by atoms with E-state index < -0.39 is 0 Å². The van der Waals surface area contributed by atoms with Crippen LogP contribution in [-0.2, 0) is 0 Å².